The fourth-order valence-corrected chi connectivity index (χ4v) is 4.57. The van der Waals surface area contributed by atoms with Crippen molar-refractivity contribution in [2.75, 3.05) is 13.1 Å². The summed E-state index contributed by atoms with van der Waals surface area (Å²) >= 11 is 0. The molecule has 3 aromatic rings. The Morgan fingerprint density at radius 2 is 1.83 bits per heavy atom. The Labute approximate surface area is 171 Å². The molecule has 2 aromatic heterocycles. The maximum atomic E-state index is 13.1. The molecule has 2 aliphatic rings. The van der Waals surface area contributed by atoms with Crippen molar-refractivity contribution in [2.45, 2.75) is 18.9 Å². The van der Waals surface area contributed by atoms with Crippen LogP contribution in [0.2, 0.25) is 0 Å². The summed E-state index contributed by atoms with van der Waals surface area (Å²) in [7, 11) is 0. The molecule has 0 aliphatic carbocycles. The van der Waals surface area contributed by atoms with E-state index >= 15 is 0 Å². The quantitative estimate of drug-likeness (QED) is 0.492. The lowest BCUT2D eigenvalue weighted by atomic mass is 9.83. The molecule has 0 N–H and O–H groups in total. The monoisotopic (exact) mass is 405 g/mol. The number of carbonyl (C=O) groups excluding carboxylic acids is 1. The molecule has 2 unspecified atom stereocenters. The number of hydrogen-bond donors (Lipinski definition) is 0. The minimum Gasteiger partial charge on any atom is -0.451 e. The van der Waals surface area contributed by atoms with Crippen molar-refractivity contribution in [1.82, 2.24) is 9.47 Å². The minimum absolute atomic E-state index is 0.000788. The highest BCUT2D eigenvalue weighted by Gasteiger charge is 2.37. The predicted octanol–water partition coefficient (Wildman–Crippen LogP) is 3.28. The summed E-state index contributed by atoms with van der Waals surface area (Å²) < 4.78 is 7.61. The number of hydrogen-bond acceptors (Lipinski definition) is 5. The number of pyridine rings is 1. The summed E-state index contributed by atoms with van der Waals surface area (Å²) in [6, 6.07) is 14.7. The molecule has 1 amide bonds. The fourth-order valence-electron chi connectivity index (χ4n) is 4.57. The third-order valence-corrected chi connectivity index (χ3v) is 5.95. The molecule has 152 valence electrons. The Hall–Kier alpha value is -3.68. The SMILES string of the molecule is O=C(c1ccc(-c2ccc([N+](=O)[O-])cc2)o1)N1CC2CC(C1)c1cccc(=O)n1C2. The number of amides is 1. The molecule has 2 bridgehead atoms. The Kier molecular flexibility index (Phi) is 4.27. The first kappa shape index (κ1) is 18.4. The number of aromatic nitrogens is 1. The Morgan fingerprint density at radius 1 is 1.03 bits per heavy atom. The van der Waals surface area contributed by atoms with Gasteiger partial charge in [-0.25, -0.2) is 0 Å². The highest BCUT2D eigenvalue weighted by Crippen LogP contribution is 2.36. The van der Waals surface area contributed by atoms with Crippen molar-refractivity contribution in [1.29, 1.82) is 0 Å². The lowest BCUT2D eigenvalue weighted by Crippen LogP contribution is -2.49. The van der Waals surface area contributed by atoms with Crippen LogP contribution in [-0.4, -0.2) is 33.4 Å². The van der Waals surface area contributed by atoms with E-state index < -0.39 is 4.92 Å². The van der Waals surface area contributed by atoms with E-state index in [0.29, 0.717) is 31.0 Å². The van der Waals surface area contributed by atoms with Crippen LogP contribution in [0.25, 0.3) is 11.3 Å². The summed E-state index contributed by atoms with van der Waals surface area (Å²) in [5.41, 5.74) is 1.67. The van der Waals surface area contributed by atoms with Gasteiger partial charge in [0, 0.05) is 55.0 Å². The first-order valence-electron chi connectivity index (χ1n) is 9.83. The third-order valence-electron chi connectivity index (χ3n) is 5.95. The van der Waals surface area contributed by atoms with E-state index in [2.05, 4.69) is 0 Å². The van der Waals surface area contributed by atoms with Gasteiger partial charge in [-0.1, -0.05) is 6.07 Å². The largest absolute Gasteiger partial charge is 0.451 e. The normalized spacial score (nSPS) is 19.9. The zero-order valence-corrected chi connectivity index (χ0v) is 16.1. The number of likely N-dealkylation sites (tertiary alicyclic amines) is 1. The number of nitro benzene ring substituents is 1. The zero-order chi connectivity index (χ0) is 20.8. The van der Waals surface area contributed by atoms with Crippen molar-refractivity contribution >= 4 is 11.6 Å². The molecule has 1 fully saturated rings. The van der Waals surface area contributed by atoms with Crippen molar-refractivity contribution in [3.63, 3.8) is 0 Å². The van der Waals surface area contributed by atoms with E-state index in [1.165, 1.54) is 12.1 Å². The molecule has 4 heterocycles. The summed E-state index contributed by atoms with van der Waals surface area (Å²) in [6.07, 6.45) is 0.972. The maximum Gasteiger partial charge on any atom is 0.289 e. The van der Waals surface area contributed by atoms with E-state index in [9.17, 15) is 19.7 Å². The summed E-state index contributed by atoms with van der Waals surface area (Å²) in [5, 5.41) is 10.8. The lowest BCUT2D eigenvalue weighted by Gasteiger charge is -2.42. The van der Waals surface area contributed by atoms with Gasteiger partial charge in [-0.05, 0) is 42.7 Å². The van der Waals surface area contributed by atoms with Gasteiger partial charge in [-0.3, -0.25) is 19.7 Å². The second kappa shape index (κ2) is 6.98. The second-order valence-electron chi connectivity index (χ2n) is 7.88. The van der Waals surface area contributed by atoms with E-state index in [4.69, 9.17) is 4.42 Å². The van der Waals surface area contributed by atoms with E-state index in [-0.39, 0.29) is 34.7 Å². The summed E-state index contributed by atoms with van der Waals surface area (Å²) in [6.45, 7) is 1.76. The molecular formula is C22H19N3O5. The van der Waals surface area contributed by atoms with Crippen LogP contribution in [0.4, 0.5) is 5.69 Å². The molecule has 0 spiro atoms. The highest BCUT2D eigenvalue weighted by molar-refractivity contribution is 5.92. The third kappa shape index (κ3) is 3.10. The van der Waals surface area contributed by atoms with Crippen LogP contribution < -0.4 is 5.56 Å². The highest BCUT2D eigenvalue weighted by atomic mass is 16.6. The number of nitrogens with zero attached hydrogens (tertiary/aromatic N) is 3. The zero-order valence-electron chi connectivity index (χ0n) is 16.1. The van der Waals surface area contributed by atoms with Crippen LogP contribution in [0.1, 0.15) is 28.6 Å². The number of benzene rings is 1. The van der Waals surface area contributed by atoms with Crippen LogP contribution in [-0.2, 0) is 6.54 Å². The average Bonchev–Trinajstić information content (AvgIpc) is 3.24. The Bertz CT molecular complexity index is 1190. The maximum absolute atomic E-state index is 13.1. The van der Waals surface area contributed by atoms with Gasteiger partial charge in [-0.2, -0.15) is 0 Å². The smallest absolute Gasteiger partial charge is 0.289 e. The van der Waals surface area contributed by atoms with Crippen LogP contribution in [0.15, 0.2) is 63.8 Å². The second-order valence-corrected chi connectivity index (χ2v) is 7.88. The first-order chi connectivity index (χ1) is 14.5. The average molecular weight is 405 g/mol. The lowest BCUT2D eigenvalue weighted by molar-refractivity contribution is -0.384. The van der Waals surface area contributed by atoms with E-state index in [1.54, 1.807) is 41.3 Å². The van der Waals surface area contributed by atoms with Gasteiger partial charge in [0.05, 0.1) is 4.92 Å². The van der Waals surface area contributed by atoms with Crippen molar-refractivity contribution < 1.29 is 14.1 Å². The van der Waals surface area contributed by atoms with Crippen molar-refractivity contribution in [3.05, 3.63) is 86.5 Å². The molecule has 2 atom stereocenters. The van der Waals surface area contributed by atoms with Crippen LogP contribution in [0.3, 0.4) is 0 Å². The van der Waals surface area contributed by atoms with Crippen molar-refractivity contribution in [2.24, 2.45) is 5.92 Å². The number of non-ortho nitro benzene ring substituents is 1. The number of piperidine rings is 1. The molecular weight excluding hydrogens is 386 g/mol. The topological polar surface area (TPSA) is 98.6 Å². The molecule has 0 saturated carbocycles. The molecule has 5 rings (SSSR count). The number of rotatable bonds is 3. The summed E-state index contributed by atoms with van der Waals surface area (Å²) in [4.78, 5) is 37.4. The van der Waals surface area contributed by atoms with Gasteiger partial charge in [-0.15, -0.1) is 0 Å². The van der Waals surface area contributed by atoms with Gasteiger partial charge < -0.3 is 13.9 Å². The van der Waals surface area contributed by atoms with Gasteiger partial charge in [0.15, 0.2) is 5.76 Å². The molecule has 2 aliphatic heterocycles. The van der Waals surface area contributed by atoms with Gasteiger partial charge in [0.1, 0.15) is 5.76 Å². The van der Waals surface area contributed by atoms with E-state index in [0.717, 1.165) is 12.1 Å². The standard InChI is InChI=1S/C22H19N3O5/c26-21-3-1-2-18-16-10-14(12-24(18)21)11-23(13-16)22(27)20-9-8-19(30-20)15-4-6-17(7-5-15)25(28)29/h1-9,14,16H,10-13H2. The minimum atomic E-state index is -0.458. The molecule has 1 aromatic carbocycles. The number of fused-ring (bicyclic) bond motifs is 4. The number of furan rings is 1. The summed E-state index contributed by atoms with van der Waals surface area (Å²) in [5.74, 6) is 0.935. The Balaban J connectivity index is 1.36. The van der Waals surface area contributed by atoms with Gasteiger partial charge in [0.25, 0.3) is 17.2 Å². The van der Waals surface area contributed by atoms with E-state index in [1.807, 2.05) is 10.6 Å². The van der Waals surface area contributed by atoms with Crippen molar-refractivity contribution in [3.8, 4) is 11.3 Å². The number of nitro groups is 1. The van der Waals surface area contributed by atoms with Gasteiger partial charge in [0.2, 0.25) is 0 Å². The molecule has 0 radical (unpaired) electrons. The van der Waals surface area contributed by atoms with Crippen LogP contribution in [0.5, 0.6) is 0 Å². The Morgan fingerprint density at radius 3 is 2.60 bits per heavy atom. The molecule has 30 heavy (non-hydrogen) atoms. The molecule has 1 saturated heterocycles. The fraction of sp³-hybridized carbons (Fsp3) is 0.273. The molecule has 8 nitrogen and oxygen atoms in total. The molecule has 8 heteroatoms. The van der Waals surface area contributed by atoms with Gasteiger partial charge >= 0.3 is 0 Å². The van der Waals surface area contributed by atoms with Crippen LogP contribution >= 0.6 is 0 Å². The van der Waals surface area contributed by atoms with Crippen LogP contribution in [0, 0.1) is 16.0 Å². The predicted molar refractivity (Wildman–Crippen MR) is 108 cm³/mol. The first-order valence-corrected chi connectivity index (χ1v) is 9.83. The number of carbonyl (C=O) groups is 1.